The van der Waals surface area contributed by atoms with Gasteiger partial charge in [-0.25, -0.2) is 0 Å². The normalized spacial score (nSPS) is 14.3. The third kappa shape index (κ3) is 8.92. The molecule has 2 aromatic carbocycles. The monoisotopic (exact) mass is 501 g/mol. The van der Waals surface area contributed by atoms with Crippen molar-refractivity contribution >= 4 is 30.0 Å². The summed E-state index contributed by atoms with van der Waals surface area (Å²) in [6, 6.07) is 13.3. The summed E-state index contributed by atoms with van der Waals surface area (Å²) in [5.41, 5.74) is 1.67. The largest absolute Gasteiger partial charge is 0.508 e. The van der Waals surface area contributed by atoms with Gasteiger partial charge >= 0.3 is 0 Å². The fraction of sp³-hybridized carbons (Fsp3) is 0.423. The maximum absolute atomic E-state index is 12.8. The number of hydrogen-bond donors (Lipinski definition) is 4. The maximum Gasteiger partial charge on any atom is 0.254 e. The molecule has 1 fully saturated rings. The first-order chi connectivity index (χ1) is 16.9. The summed E-state index contributed by atoms with van der Waals surface area (Å²) in [6.07, 6.45) is 1.92. The minimum Gasteiger partial charge on any atom is -0.508 e. The van der Waals surface area contributed by atoms with Crippen LogP contribution in [0.1, 0.15) is 41.3 Å². The van der Waals surface area contributed by atoms with Gasteiger partial charge in [-0.2, -0.15) is 0 Å². The number of nitrogens with zero attached hydrogens (tertiary/aromatic N) is 1. The molecular formula is C26H35N3O5S. The van der Waals surface area contributed by atoms with Gasteiger partial charge in [0.05, 0.1) is 11.9 Å². The molecule has 9 heteroatoms. The van der Waals surface area contributed by atoms with E-state index in [4.69, 9.17) is 0 Å². The quantitative estimate of drug-likeness (QED) is 0.293. The molecule has 1 saturated heterocycles. The van der Waals surface area contributed by atoms with E-state index in [0.717, 1.165) is 37.1 Å². The third-order valence-electron chi connectivity index (χ3n) is 5.62. The number of aliphatic hydroxyl groups excluding tert-OH is 1. The van der Waals surface area contributed by atoms with E-state index in [2.05, 4.69) is 17.6 Å². The first kappa shape index (κ1) is 28.2. The van der Waals surface area contributed by atoms with Gasteiger partial charge in [-0.15, -0.1) is 11.8 Å². The number of phenols is 1. The van der Waals surface area contributed by atoms with Crippen molar-refractivity contribution in [1.82, 2.24) is 15.5 Å². The van der Waals surface area contributed by atoms with E-state index >= 15 is 0 Å². The Hall–Kier alpha value is -3.04. The summed E-state index contributed by atoms with van der Waals surface area (Å²) in [7, 11) is 0. The summed E-state index contributed by atoms with van der Waals surface area (Å²) in [5, 5.41) is 26.0. The van der Waals surface area contributed by atoms with Crippen LogP contribution in [0.25, 0.3) is 0 Å². The topological polar surface area (TPSA) is 119 Å². The van der Waals surface area contributed by atoms with E-state index in [-0.39, 0.29) is 11.7 Å². The first-order valence-electron chi connectivity index (χ1n) is 11.7. The molecule has 190 valence electrons. The zero-order chi connectivity index (χ0) is 25.6. The summed E-state index contributed by atoms with van der Waals surface area (Å²) < 4.78 is 0. The molecule has 8 nitrogen and oxygen atoms in total. The summed E-state index contributed by atoms with van der Waals surface area (Å²) in [5.74, 6) is 0.610. The number of unbranched alkanes of at least 4 members (excludes halogenated alkanes) is 1. The molecule has 0 saturated carbocycles. The minimum atomic E-state index is -1.35. The van der Waals surface area contributed by atoms with Crippen LogP contribution in [-0.2, 0) is 16.0 Å². The molecule has 3 amide bonds. The number of aliphatic hydroxyl groups is 1. The van der Waals surface area contributed by atoms with E-state index in [0.29, 0.717) is 30.0 Å². The molecular weight excluding hydrogens is 466 g/mol. The Morgan fingerprint density at radius 2 is 1.91 bits per heavy atom. The van der Waals surface area contributed by atoms with Gasteiger partial charge in [-0.3, -0.25) is 14.4 Å². The van der Waals surface area contributed by atoms with Gasteiger partial charge in [0.15, 0.2) is 6.10 Å². The van der Waals surface area contributed by atoms with Gasteiger partial charge in [-0.05, 0) is 37.5 Å². The van der Waals surface area contributed by atoms with Crippen molar-refractivity contribution in [2.24, 2.45) is 0 Å². The fourth-order valence-corrected chi connectivity index (χ4v) is 4.47. The third-order valence-corrected chi connectivity index (χ3v) is 6.59. The SMILES string of the molecule is CCCCNC=O.Cc1c(O)cccc1C(=O)N[C@@H](Cc1ccccc1)[C@H](O)C(=O)N1CCSC1. The zero-order valence-electron chi connectivity index (χ0n) is 20.3. The maximum atomic E-state index is 12.8. The number of carbonyl (C=O) groups excluding carboxylic acids is 3. The Balaban J connectivity index is 0.000000540. The average molecular weight is 502 g/mol. The molecule has 2 atom stereocenters. The highest BCUT2D eigenvalue weighted by atomic mass is 32.2. The number of rotatable bonds is 10. The average Bonchev–Trinajstić information content (AvgIpc) is 3.41. The molecule has 0 radical (unpaired) electrons. The molecule has 1 aliphatic heterocycles. The molecule has 1 aliphatic rings. The minimum absolute atomic E-state index is 0.0259. The molecule has 0 aromatic heterocycles. The van der Waals surface area contributed by atoms with Crippen molar-refractivity contribution in [2.45, 2.75) is 45.3 Å². The molecule has 0 aliphatic carbocycles. The van der Waals surface area contributed by atoms with Crippen LogP contribution in [0.5, 0.6) is 5.75 Å². The highest BCUT2D eigenvalue weighted by Crippen LogP contribution is 2.21. The molecule has 0 spiro atoms. The highest BCUT2D eigenvalue weighted by molar-refractivity contribution is 7.99. The van der Waals surface area contributed by atoms with E-state index < -0.39 is 18.1 Å². The standard InChI is InChI=1S/C21H24N2O4S.C5H11NO/c1-14-16(8-5-9-18(14)24)20(26)22-17(12-15-6-3-2-4-7-15)19(25)21(27)23-10-11-28-13-23;1-2-3-4-6-5-7/h2-9,17,19,24-25H,10-13H2,1H3,(H,22,26);5H,2-4H2,1H3,(H,6,7)/t17-,19-;/m0./s1. The highest BCUT2D eigenvalue weighted by Gasteiger charge is 2.33. The Labute approximate surface area is 211 Å². The van der Waals surface area contributed by atoms with E-state index in [1.807, 2.05) is 30.3 Å². The Morgan fingerprint density at radius 1 is 1.17 bits per heavy atom. The lowest BCUT2D eigenvalue weighted by Crippen LogP contribution is -2.52. The fourth-order valence-electron chi connectivity index (χ4n) is 3.51. The van der Waals surface area contributed by atoms with Crippen molar-refractivity contribution in [3.8, 4) is 5.75 Å². The number of aromatic hydroxyl groups is 1. The van der Waals surface area contributed by atoms with Crippen LogP contribution in [-0.4, -0.2) is 70.2 Å². The van der Waals surface area contributed by atoms with Crippen LogP contribution >= 0.6 is 11.8 Å². The first-order valence-corrected chi connectivity index (χ1v) is 12.9. The second kappa shape index (κ2) is 15.1. The van der Waals surface area contributed by atoms with Crippen molar-refractivity contribution in [2.75, 3.05) is 24.7 Å². The van der Waals surface area contributed by atoms with Gasteiger partial charge in [0, 0.05) is 30.0 Å². The van der Waals surface area contributed by atoms with Gasteiger partial charge in [-0.1, -0.05) is 49.7 Å². The van der Waals surface area contributed by atoms with E-state index in [9.17, 15) is 24.6 Å². The van der Waals surface area contributed by atoms with Crippen molar-refractivity contribution in [3.63, 3.8) is 0 Å². The second-order valence-electron chi connectivity index (χ2n) is 8.23. The summed E-state index contributed by atoms with van der Waals surface area (Å²) >= 11 is 1.64. The lowest BCUT2D eigenvalue weighted by Gasteiger charge is -2.27. The van der Waals surface area contributed by atoms with Crippen LogP contribution in [0.2, 0.25) is 0 Å². The lowest BCUT2D eigenvalue weighted by molar-refractivity contribution is -0.140. The van der Waals surface area contributed by atoms with Gasteiger partial charge in [0.25, 0.3) is 11.8 Å². The smallest absolute Gasteiger partial charge is 0.254 e. The molecule has 3 rings (SSSR count). The second-order valence-corrected chi connectivity index (χ2v) is 9.30. The number of nitrogens with one attached hydrogen (secondary N) is 2. The van der Waals surface area contributed by atoms with Gasteiger partial charge in [0.1, 0.15) is 5.75 Å². The van der Waals surface area contributed by atoms with E-state index in [1.165, 1.54) is 6.07 Å². The molecule has 0 unspecified atom stereocenters. The number of thioether (sulfide) groups is 1. The van der Waals surface area contributed by atoms with Crippen molar-refractivity contribution in [3.05, 3.63) is 65.2 Å². The molecule has 4 N–H and O–H groups in total. The Bertz CT molecular complexity index is 951. The lowest BCUT2D eigenvalue weighted by atomic mass is 9.99. The van der Waals surface area contributed by atoms with Crippen LogP contribution < -0.4 is 10.6 Å². The van der Waals surface area contributed by atoms with Crippen LogP contribution in [0.15, 0.2) is 48.5 Å². The zero-order valence-corrected chi connectivity index (χ0v) is 21.1. The van der Waals surface area contributed by atoms with Gasteiger partial charge < -0.3 is 25.7 Å². The number of phenolic OH excluding ortho intramolecular Hbond substituents is 1. The van der Waals surface area contributed by atoms with Crippen LogP contribution in [0.4, 0.5) is 0 Å². The van der Waals surface area contributed by atoms with E-state index in [1.54, 1.807) is 35.7 Å². The number of hydrogen-bond acceptors (Lipinski definition) is 6. The number of benzene rings is 2. The predicted octanol–water partition coefficient (Wildman–Crippen LogP) is 2.47. The van der Waals surface area contributed by atoms with Crippen LogP contribution in [0.3, 0.4) is 0 Å². The molecule has 0 bridgehead atoms. The molecule has 35 heavy (non-hydrogen) atoms. The Morgan fingerprint density at radius 3 is 2.54 bits per heavy atom. The molecule has 2 aromatic rings. The summed E-state index contributed by atoms with van der Waals surface area (Å²) in [4.78, 5) is 36.7. The predicted molar refractivity (Wildman–Crippen MR) is 138 cm³/mol. The van der Waals surface area contributed by atoms with Crippen molar-refractivity contribution in [1.29, 1.82) is 0 Å². The Kier molecular flexibility index (Phi) is 12.1. The van der Waals surface area contributed by atoms with Crippen LogP contribution in [0, 0.1) is 6.92 Å². The molecule has 1 heterocycles. The number of amides is 3. The summed E-state index contributed by atoms with van der Waals surface area (Å²) in [6.45, 7) is 5.16. The van der Waals surface area contributed by atoms with Gasteiger partial charge in [0.2, 0.25) is 6.41 Å². The van der Waals surface area contributed by atoms with Crippen molar-refractivity contribution < 1.29 is 24.6 Å². The number of carbonyl (C=O) groups is 3.